The molecule has 0 aromatic heterocycles. The van der Waals surface area contributed by atoms with Gasteiger partial charge in [-0.3, -0.25) is 4.79 Å². The van der Waals surface area contributed by atoms with Crippen LogP contribution in [0.25, 0.3) is 0 Å². The first-order chi connectivity index (χ1) is 9.04. The zero-order valence-electron chi connectivity index (χ0n) is 11.9. The molecule has 1 atom stereocenters. The lowest BCUT2D eigenvalue weighted by atomic mass is 10.1. The van der Waals surface area contributed by atoms with Gasteiger partial charge in [0.15, 0.2) is 0 Å². The van der Waals surface area contributed by atoms with E-state index >= 15 is 0 Å². The zero-order valence-corrected chi connectivity index (χ0v) is 11.9. The molecule has 106 valence electrons. The SMILES string of the molecule is COCC(C)(CNC(=O)c1ccc(OC)cc1)OC. The molecule has 0 saturated heterocycles. The van der Waals surface area contributed by atoms with E-state index in [0.717, 1.165) is 5.75 Å². The molecule has 0 saturated carbocycles. The van der Waals surface area contributed by atoms with Gasteiger partial charge >= 0.3 is 0 Å². The van der Waals surface area contributed by atoms with Crippen molar-refractivity contribution in [2.24, 2.45) is 0 Å². The zero-order chi connectivity index (χ0) is 14.3. The summed E-state index contributed by atoms with van der Waals surface area (Å²) in [5.41, 5.74) is 0.0494. The first-order valence-electron chi connectivity index (χ1n) is 6.01. The Morgan fingerprint density at radius 2 is 1.84 bits per heavy atom. The summed E-state index contributed by atoms with van der Waals surface area (Å²) in [7, 11) is 4.78. The fraction of sp³-hybridized carbons (Fsp3) is 0.500. The smallest absolute Gasteiger partial charge is 0.251 e. The Balaban J connectivity index is 2.58. The molecule has 1 aromatic carbocycles. The number of benzene rings is 1. The van der Waals surface area contributed by atoms with Crippen LogP contribution in [0.3, 0.4) is 0 Å². The molecule has 0 radical (unpaired) electrons. The van der Waals surface area contributed by atoms with E-state index in [2.05, 4.69) is 5.32 Å². The van der Waals surface area contributed by atoms with Gasteiger partial charge in [0, 0.05) is 26.3 Å². The van der Waals surface area contributed by atoms with Crippen molar-refractivity contribution < 1.29 is 19.0 Å². The molecule has 0 fully saturated rings. The van der Waals surface area contributed by atoms with E-state index in [1.165, 1.54) is 0 Å². The number of methoxy groups -OCH3 is 3. The molecular formula is C14H21NO4. The average molecular weight is 267 g/mol. The molecule has 19 heavy (non-hydrogen) atoms. The van der Waals surface area contributed by atoms with Gasteiger partial charge in [-0.2, -0.15) is 0 Å². The number of amides is 1. The van der Waals surface area contributed by atoms with Crippen LogP contribution in [0.15, 0.2) is 24.3 Å². The molecule has 1 unspecified atom stereocenters. The molecular weight excluding hydrogens is 246 g/mol. The van der Waals surface area contributed by atoms with Gasteiger partial charge in [-0.1, -0.05) is 0 Å². The number of ether oxygens (including phenoxy) is 3. The van der Waals surface area contributed by atoms with Crippen LogP contribution in [-0.4, -0.2) is 46.0 Å². The predicted octanol–water partition coefficient (Wildman–Crippen LogP) is 1.48. The molecule has 5 nitrogen and oxygen atoms in total. The summed E-state index contributed by atoms with van der Waals surface area (Å²) < 4.78 is 15.5. The van der Waals surface area contributed by atoms with Gasteiger partial charge in [-0.15, -0.1) is 0 Å². The Morgan fingerprint density at radius 1 is 1.21 bits per heavy atom. The van der Waals surface area contributed by atoms with Gasteiger partial charge in [0.25, 0.3) is 5.91 Å². The number of nitrogens with one attached hydrogen (secondary N) is 1. The van der Waals surface area contributed by atoms with Gasteiger partial charge in [-0.25, -0.2) is 0 Å². The van der Waals surface area contributed by atoms with Crippen LogP contribution >= 0.6 is 0 Å². The Kier molecular flexibility index (Phi) is 5.79. The lowest BCUT2D eigenvalue weighted by molar-refractivity contribution is -0.0479. The highest BCUT2D eigenvalue weighted by Gasteiger charge is 2.24. The Bertz CT molecular complexity index is 404. The second-order valence-electron chi connectivity index (χ2n) is 4.50. The van der Waals surface area contributed by atoms with Crippen molar-refractivity contribution in [2.75, 3.05) is 34.5 Å². The number of hydrogen-bond donors (Lipinski definition) is 1. The number of hydrogen-bond acceptors (Lipinski definition) is 4. The topological polar surface area (TPSA) is 56.8 Å². The van der Waals surface area contributed by atoms with E-state index in [1.54, 1.807) is 45.6 Å². The Labute approximate surface area is 113 Å². The third-order valence-electron chi connectivity index (χ3n) is 2.92. The first kappa shape index (κ1) is 15.5. The summed E-state index contributed by atoms with van der Waals surface area (Å²) in [6.07, 6.45) is 0. The van der Waals surface area contributed by atoms with E-state index in [0.29, 0.717) is 18.7 Å². The second-order valence-corrected chi connectivity index (χ2v) is 4.50. The molecule has 0 heterocycles. The molecule has 0 bridgehead atoms. The minimum Gasteiger partial charge on any atom is -0.497 e. The monoisotopic (exact) mass is 267 g/mol. The molecule has 1 rings (SSSR count). The van der Waals surface area contributed by atoms with Crippen molar-refractivity contribution in [3.8, 4) is 5.75 Å². The fourth-order valence-electron chi connectivity index (χ4n) is 1.60. The third-order valence-corrected chi connectivity index (χ3v) is 2.92. The van der Waals surface area contributed by atoms with Crippen molar-refractivity contribution in [2.45, 2.75) is 12.5 Å². The summed E-state index contributed by atoms with van der Waals surface area (Å²) in [6, 6.07) is 6.93. The minimum absolute atomic E-state index is 0.151. The quantitative estimate of drug-likeness (QED) is 0.813. The summed E-state index contributed by atoms with van der Waals surface area (Å²) in [6.45, 7) is 2.67. The number of carbonyl (C=O) groups is 1. The van der Waals surface area contributed by atoms with E-state index in [1.807, 2.05) is 6.92 Å². The maximum absolute atomic E-state index is 12.0. The van der Waals surface area contributed by atoms with Crippen LogP contribution in [0.4, 0.5) is 0 Å². The van der Waals surface area contributed by atoms with Gasteiger partial charge in [0.05, 0.1) is 13.7 Å². The minimum atomic E-state index is -0.531. The summed E-state index contributed by atoms with van der Waals surface area (Å²) in [5, 5.41) is 2.83. The molecule has 0 aliphatic heterocycles. The van der Waals surface area contributed by atoms with E-state index in [4.69, 9.17) is 14.2 Å². The van der Waals surface area contributed by atoms with Crippen LogP contribution in [0.5, 0.6) is 5.75 Å². The standard InChI is InChI=1S/C14H21NO4/c1-14(19-4,10-17-2)9-15-13(16)11-5-7-12(18-3)8-6-11/h5-8H,9-10H2,1-4H3,(H,15,16). The van der Waals surface area contributed by atoms with E-state index in [9.17, 15) is 4.79 Å². The normalized spacial score (nSPS) is 13.7. The molecule has 0 aliphatic rings. The maximum atomic E-state index is 12.0. The van der Waals surface area contributed by atoms with Crippen LogP contribution in [0, 0.1) is 0 Å². The Hall–Kier alpha value is -1.59. The highest BCUT2D eigenvalue weighted by molar-refractivity contribution is 5.94. The van der Waals surface area contributed by atoms with Crippen LogP contribution in [0.1, 0.15) is 17.3 Å². The van der Waals surface area contributed by atoms with Crippen molar-refractivity contribution in [3.05, 3.63) is 29.8 Å². The lowest BCUT2D eigenvalue weighted by Crippen LogP contribution is -2.45. The summed E-state index contributed by atoms with van der Waals surface area (Å²) in [5.74, 6) is 0.569. The van der Waals surface area contributed by atoms with Crippen molar-refractivity contribution in [1.82, 2.24) is 5.32 Å². The van der Waals surface area contributed by atoms with Gasteiger partial charge in [-0.05, 0) is 31.2 Å². The Morgan fingerprint density at radius 3 is 2.32 bits per heavy atom. The van der Waals surface area contributed by atoms with E-state index < -0.39 is 5.60 Å². The average Bonchev–Trinajstić information content (AvgIpc) is 2.45. The summed E-state index contributed by atoms with van der Waals surface area (Å²) in [4.78, 5) is 12.0. The largest absolute Gasteiger partial charge is 0.497 e. The van der Waals surface area contributed by atoms with Gasteiger partial charge in [0.2, 0.25) is 0 Å². The molecule has 0 aliphatic carbocycles. The van der Waals surface area contributed by atoms with Crippen molar-refractivity contribution in [3.63, 3.8) is 0 Å². The molecule has 5 heteroatoms. The van der Waals surface area contributed by atoms with Crippen molar-refractivity contribution in [1.29, 1.82) is 0 Å². The number of carbonyl (C=O) groups excluding carboxylic acids is 1. The second kappa shape index (κ2) is 7.11. The van der Waals surface area contributed by atoms with Crippen LogP contribution < -0.4 is 10.1 Å². The fourth-order valence-corrected chi connectivity index (χ4v) is 1.60. The number of rotatable bonds is 7. The van der Waals surface area contributed by atoms with E-state index in [-0.39, 0.29) is 5.91 Å². The predicted molar refractivity (Wildman–Crippen MR) is 72.6 cm³/mol. The first-order valence-corrected chi connectivity index (χ1v) is 6.01. The maximum Gasteiger partial charge on any atom is 0.251 e. The lowest BCUT2D eigenvalue weighted by Gasteiger charge is -2.27. The van der Waals surface area contributed by atoms with Crippen LogP contribution in [0.2, 0.25) is 0 Å². The van der Waals surface area contributed by atoms with Gasteiger partial charge < -0.3 is 19.5 Å². The molecule has 1 aromatic rings. The van der Waals surface area contributed by atoms with Crippen molar-refractivity contribution >= 4 is 5.91 Å². The van der Waals surface area contributed by atoms with Crippen LogP contribution in [-0.2, 0) is 9.47 Å². The summed E-state index contributed by atoms with van der Waals surface area (Å²) >= 11 is 0. The van der Waals surface area contributed by atoms with Gasteiger partial charge in [0.1, 0.15) is 11.4 Å². The molecule has 1 N–H and O–H groups in total. The third kappa shape index (κ3) is 4.54. The molecule has 1 amide bonds. The molecule has 0 spiro atoms. The highest BCUT2D eigenvalue weighted by Crippen LogP contribution is 2.12. The highest BCUT2D eigenvalue weighted by atomic mass is 16.5.